The van der Waals surface area contributed by atoms with Gasteiger partial charge in [0.2, 0.25) is 0 Å². The van der Waals surface area contributed by atoms with Gasteiger partial charge in [0.1, 0.15) is 11.5 Å². The Kier molecular flexibility index (Phi) is 3.69. The third-order valence-electron chi connectivity index (χ3n) is 2.19. The highest BCUT2D eigenvalue weighted by Gasteiger charge is 2.09. The summed E-state index contributed by atoms with van der Waals surface area (Å²) in [4.78, 5) is 0.998. The molecule has 0 spiro atoms. The first-order chi connectivity index (χ1) is 7.66. The summed E-state index contributed by atoms with van der Waals surface area (Å²) >= 11 is 7.64. The second-order valence-corrected chi connectivity index (χ2v) is 5.22. The highest BCUT2D eigenvalue weighted by molar-refractivity contribution is 7.14. The van der Waals surface area contributed by atoms with E-state index in [-0.39, 0.29) is 0 Å². The minimum atomic E-state index is 0.457. The Hall–Kier alpha value is -0.770. The standard InChI is InChI=1S/C12H14ClNOS/c1-8(2)14-7-9-3-4-11(15-9)12-10(13)5-6-16-12/h3-6,8,14H,7H2,1-2H3. The maximum atomic E-state index is 6.05. The van der Waals surface area contributed by atoms with E-state index in [1.807, 2.05) is 23.6 Å². The summed E-state index contributed by atoms with van der Waals surface area (Å²) < 4.78 is 5.72. The molecule has 0 fully saturated rings. The average molecular weight is 256 g/mol. The van der Waals surface area contributed by atoms with Crippen LogP contribution < -0.4 is 5.32 Å². The Labute approximate surface area is 104 Å². The second kappa shape index (κ2) is 5.04. The van der Waals surface area contributed by atoms with Crippen molar-refractivity contribution in [3.05, 3.63) is 34.4 Å². The number of hydrogen-bond acceptors (Lipinski definition) is 3. The maximum absolute atomic E-state index is 6.05. The molecule has 0 saturated carbocycles. The summed E-state index contributed by atoms with van der Waals surface area (Å²) in [5, 5.41) is 6.03. The molecule has 2 aromatic heterocycles. The number of furan rings is 1. The molecule has 0 aliphatic carbocycles. The molecule has 0 atom stereocenters. The van der Waals surface area contributed by atoms with Crippen molar-refractivity contribution in [3.8, 4) is 10.6 Å². The minimum Gasteiger partial charge on any atom is -0.459 e. The summed E-state index contributed by atoms with van der Waals surface area (Å²) in [5.41, 5.74) is 0. The van der Waals surface area contributed by atoms with Crippen LogP contribution in [-0.4, -0.2) is 6.04 Å². The summed E-state index contributed by atoms with van der Waals surface area (Å²) in [6, 6.07) is 6.30. The minimum absolute atomic E-state index is 0.457. The summed E-state index contributed by atoms with van der Waals surface area (Å²) in [5.74, 6) is 1.79. The quantitative estimate of drug-likeness (QED) is 0.888. The molecule has 16 heavy (non-hydrogen) atoms. The number of hydrogen-bond donors (Lipinski definition) is 1. The van der Waals surface area contributed by atoms with E-state index in [0.717, 1.165) is 28.0 Å². The van der Waals surface area contributed by atoms with Gasteiger partial charge in [0.25, 0.3) is 0 Å². The summed E-state index contributed by atoms with van der Waals surface area (Å²) in [6.07, 6.45) is 0. The lowest BCUT2D eigenvalue weighted by Gasteiger charge is -2.04. The zero-order chi connectivity index (χ0) is 11.5. The average Bonchev–Trinajstić information content (AvgIpc) is 2.83. The van der Waals surface area contributed by atoms with E-state index in [1.54, 1.807) is 11.3 Å². The number of halogens is 1. The zero-order valence-electron chi connectivity index (χ0n) is 9.29. The van der Waals surface area contributed by atoms with Crippen molar-refractivity contribution in [2.75, 3.05) is 0 Å². The zero-order valence-corrected chi connectivity index (χ0v) is 10.9. The number of nitrogens with one attached hydrogen (secondary N) is 1. The molecule has 4 heteroatoms. The fourth-order valence-electron chi connectivity index (χ4n) is 1.37. The second-order valence-electron chi connectivity index (χ2n) is 3.90. The van der Waals surface area contributed by atoms with Gasteiger partial charge in [-0.25, -0.2) is 0 Å². The van der Waals surface area contributed by atoms with Gasteiger partial charge in [-0.3, -0.25) is 0 Å². The van der Waals surface area contributed by atoms with Crippen molar-refractivity contribution in [2.45, 2.75) is 26.4 Å². The molecule has 0 aliphatic rings. The van der Waals surface area contributed by atoms with Gasteiger partial charge in [-0.15, -0.1) is 11.3 Å². The number of rotatable bonds is 4. The SMILES string of the molecule is CC(C)NCc1ccc(-c2sccc2Cl)o1. The van der Waals surface area contributed by atoms with Crippen LogP contribution in [0.3, 0.4) is 0 Å². The highest BCUT2D eigenvalue weighted by atomic mass is 35.5. The van der Waals surface area contributed by atoms with Crippen LogP contribution >= 0.6 is 22.9 Å². The molecule has 0 aliphatic heterocycles. The van der Waals surface area contributed by atoms with Crippen molar-refractivity contribution in [1.29, 1.82) is 0 Å². The molecule has 86 valence electrons. The molecule has 0 unspecified atom stereocenters. The Morgan fingerprint density at radius 3 is 2.81 bits per heavy atom. The van der Waals surface area contributed by atoms with E-state index in [9.17, 15) is 0 Å². The molecule has 2 heterocycles. The van der Waals surface area contributed by atoms with E-state index in [2.05, 4.69) is 19.2 Å². The van der Waals surface area contributed by atoms with Crippen molar-refractivity contribution in [3.63, 3.8) is 0 Å². The first-order valence-corrected chi connectivity index (χ1v) is 6.48. The molecule has 0 amide bonds. The predicted molar refractivity (Wildman–Crippen MR) is 69.0 cm³/mol. The van der Waals surface area contributed by atoms with Gasteiger partial charge in [0.05, 0.1) is 16.4 Å². The Morgan fingerprint density at radius 1 is 1.38 bits per heavy atom. The first kappa shape index (κ1) is 11.7. The smallest absolute Gasteiger partial charge is 0.145 e. The van der Waals surface area contributed by atoms with Crippen LogP contribution in [-0.2, 0) is 6.54 Å². The summed E-state index contributed by atoms with van der Waals surface area (Å²) in [6.45, 7) is 4.97. The van der Waals surface area contributed by atoms with Crippen LogP contribution in [0.4, 0.5) is 0 Å². The molecule has 1 N–H and O–H groups in total. The van der Waals surface area contributed by atoms with Crippen LogP contribution in [0, 0.1) is 0 Å². The van der Waals surface area contributed by atoms with Crippen molar-refractivity contribution in [1.82, 2.24) is 5.32 Å². The normalized spacial score (nSPS) is 11.2. The topological polar surface area (TPSA) is 25.2 Å². The van der Waals surface area contributed by atoms with E-state index < -0.39 is 0 Å². The lowest BCUT2D eigenvalue weighted by Crippen LogP contribution is -2.21. The Balaban J connectivity index is 2.11. The molecular weight excluding hydrogens is 242 g/mol. The Morgan fingerprint density at radius 2 is 2.19 bits per heavy atom. The van der Waals surface area contributed by atoms with Crippen LogP contribution in [0.25, 0.3) is 10.6 Å². The van der Waals surface area contributed by atoms with Crippen LogP contribution in [0.5, 0.6) is 0 Å². The molecule has 0 bridgehead atoms. The van der Waals surface area contributed by atoms with Gasteiger partial charge in [-0.05, 0) is 23.6 Å². The maximum Gasteiger partial charge on any atom is 0.145 e. The molecule has 2 aromatic rings. The first-order valence-electron chi connectivity index (χ1n) is 5.22. The highest BCUT2D eigenvalue weighted by Crippen LogP contribution is 2.34. The van der Waals surface area contributed by atoms with E-state index in [4.69, 9.17) is 16.0 Å². The van der Waals surface area contributed by atoms with Gasteiger partial charge < -0.3 is 9.73 Å². The van der Waals surface area contributed by atoms with Gasteiger partial charge >= 0.3 is 0 Å². The van der Waals surface area contributed by atoms with Crippen molar-refractivity contribution in [2.24, 2.45) is 0 Å². The van der Waals surface area contributed by atoms with E-state index in [1.165, 1.54) is 0 Å². The summed E-state index contributed by atoms with van der Waals surface area (Å²) in [7, 11) is 0. The molecular formula is C12H14ClNOS. The largest absolute Gasteiger partial charge is 0.459 e. The fraction of sp³-hybridized carbons (Fsp3) is 0.333. The van der Waals surface area contributed by atoms with E-state index in [0.29, 0.717) is 6.04 Å². The Bertz CT molecular complexity index is 461. The van der Waals surface area contributed by atoms with Crippen molar-refractivity contribution >= 4 is 22.9 Å². The van der Waals surface area contributed by atoms with E-state index >= 15 is 0 Å². The lowest BCUT2D eigenvalue weighted by atomic mass is 10.3. The lowest BCUT2D eigenvalue weighted by molar-refractivity contribution is 0.474. The third kappa shape index (κ3) is 2.67. The van der Waals surface area contributed by atoms with Crippen LogP contribution in [0.1, 0.15) is 19.6 Å². The molecule has 2 rings (SSSR count). The van der Waals surface area contributed by atoms with Gasteiger partial charge in [-0.2, -0.15) is 0 Å². The fourth-order valence-corrected chi connectivity index (χ4v) is 2.48. The number of thiophene rings is 1. The van der Waals surface area contributed by atoms with Gasteiger partial charge in [-0.1, -0.05) is 25.4 Å². The van der Waals surface area contributed by atoms with Crippen LogP contribution in [0.15, 0.2) is 28.0 Å². The van der Waals surface area contributed by atoms with Crippen LogP contribution in [0.2, 0.25) is 5.02 Å². The van der Waals surface area contributed by atoms with Gasteiger partial charge in [0, 0.05) is 6.04 Å². The molecule has 2 nitrogen and oxygen atoms in total. The molecule has 0 saturated heterocycles. The van der Waals surface area contributed by atoms with Gasteiger partial charge in [0.15, 0.2) is 0 Å². The molecule has 0 radical (unpaired) electrons. The third-order valence-corrected chi connectivity index (χ3v) is 3.54. The molecule has 0 aromatic carbocycles. The predicted octanol–water partition coefficient (Wildman–Crippen LogP) is 4.16. The van der Waals surface area contributed by atoms with Crippen molar-refractivity contribution < 1.29 is 4.42 Å². The monoisotopic (exact) mass is 255 g/mol.